The van der Waals surface area contributed by atoms with Crippen LogP contribution in [0.15, 0.2) is 34.3 Å². The number of carbonyl (C=O) groups excluding carboxylic acids is 2. The standard InChI is InChI=1S/C15H6Cl6FNO2/c16-9-10(17)14(19)8-7(13(9,18)15(14,20)21)11(24)23(12(8)25)6-3-1-5(22)2-4-6/h1-4,7-8H. The van der Waals surface area contributed by atoms with Gasteiger partial charge in [-0.05, 0) is 24.3 Å². The van der Waals surface area contributed by atoms with Crippen LogP contribution in [0.25, 0.3) is 0 Å². The lowest BCUT2D eigenvalue weighted by molar-refractivity contribution is -0.123. The highest BCUT2D eigenvalue weighted by Crippen LogP contribution is 2.77. The Morgan fingerprint density at radius 2 is 1.24 bits per heavy atom. The maximum absolute atomic E-state index is 13.2. The van der Waals surface area contributed by atoms with Crippen LogP contribution in [0, 0.1) is 17.7 Å². The second-order valence-electron chi connectivity index (χ2n) is 6.07. The number of amides is 2. The number of nitrogens with zero attached hydrogens (tertiary/aromatic N) is 1. The van der Waals surface area contributed by atoms with Crippen LogP contribution in [0.4, 0.5) is 10.1 Å². The van der Waals surface area contributed by atoms with Crippen molar-refractivity contribution < 1.29 is 14.0 Å². The van der Waals surface area contributed by atoms with Gasteiger partial charge in [0.1, 0.15) is 15.6 Å². The van der Waals surface area contributed by atoms with Crippen LogP contribution >= 0.6 is 69.6 Å². The second-order valence-corrected chi connectivity index (χ2v) is 9.35. The molecule has 2 fully saturated rings. The van der Waals surface area contributed by atoms with E-state index in [9.17, 15) is 14.0 Å². The number of alkyl halides is 4. The zero-order chi connectivity index (χ0) is 18.5. The number of imide groups is 1. The monoisotopic (exact) mass is 461 g/mol. The largest absolute Gasteiger partial charge is 0.274 e. The molecule has 0 spiro atoms. The van der Waals surface area contributed by atoms with E-state index in [0.717, 1.165) is 17.0 Å². The van der Waals surface area contributed by atoms with Gasteiger partial charge in [0.05, 0.1) is 27.6 Å². The molecule has 1 heterocycles. The molecule has 25 heavy (non-hydrogen) atoms. The average Bonchev–Trinajstić information content (AvgIpc) is 2.94. The first-order valence-electron chi connectivity index (χ1n) is 6.96. The summed E-state index contributed by atoms with van der Waals surface area (Å²) < 4.78 is 11.2. The van der Waals surface area contributed by atoms with E-state index in [1.165, 1.54) is 12.1 Å². The molecule has 0 N–H and O–H groups in total. The van der Waals surface area contributed by atoms with Crippen molar-refractivity contribution in [3.05, 3.63) is 40.1 Å². The smallest absolute Gasteiger partial charge is 0.240 e. The van der Waals surface area contributed by atoms with Crippen molar-refractivity contribution in [2.45, 2.75) is 14.1 Å². The Morgan fingerprint density at radius 3 is 1.64 bits per heavy atom. The molecule has 2 bridgehead atoms. The Morgan fingerprint density at radius 1 is 0.840 bits per heavy atom. The molecule has 0 aromatic heterocycles. The minimum atomic E-state index is -1.97. The van der Waals surface area contributed by atoms with Gasteiger partial charge in [0.2, 0.25) is 11.8 Å². The Bertz CT molecular complexity index is 825. The number of halogens is 7. The first-order valence-corrected chi connectivity index (χ1v) is 9.23. The lowest BCUT2D eigenvalue weighted by Gasteiger charge is -2.34. The number of benzene rings is 1. The van der Waals surface area contributed by atoms with Gasteiger partial charge in [-0.2, -0.15) is 0 Å². The summed E-state index contributed by atoms with van der Waals surface area (Å²) >= 11 is 38.3. The molecule has 10 heteroatoms. The molecule has 1 aromatic rings. The van der Waals surface area contributed by atoms with Crippen LogP contribution in [0.5, 0.6) is 0 Å². The quantitative estimate of drug-likeness (QED) is 0.444. The molecule has 1 saturated heterocycles. The fourth-order valence-electron chi connectivity index (χ4n) is 3.84. The summed E-state index contributed by atoms with van der Waals surface area (Å²) in [5.74, 6) is -4.26. The highest BCUT2D eigenvalue weighted by molar-refractivity contribution is 6.67. The van der Waals surface area contributed by atoms with Crippen molar-refractivity contribution in [3.8, 4) is 0 Å². The van der Waals surface area contributed by atoms with Gasteiger partial charge in [0.25, 0.3) is 0 Å². The molecule has 1 aliphatic heterocycles. The zero-order valence-corrected chi connectivity index (χ0v) is 16.4. The van der Waals surface area contributed by atoms with E-state index in [1.54, 1.807) is 0 Å². The van der Waals surface area contributed by atoms with Gasteiger partial charge < -0.3 is 0 Å². The second kappa shape index (κ2) is 5.18. The van der Waals surface area contributed by atoms with Crippen LogP contribution < -0.4 is 4.90 Å². The van der Waals surface area contributed by atoms with Gasteiger partial charge in [-0.25, -0.2) is 9.29 Å². The molecule has 2 amide bonds. The topological polar surface area (TPSA) is 37.4 Å². The fraction of sp³-hybridized carbons (Fsp3) is 0.333. The highest BCUT2D eigenvalue weighted by Gasteiger charge is 2.87. The number of hydrogen-bond acceptors (Lipinski definition) is 2. The Hall–Kier alpha value is -0.230. The maximum Gasteiger partial charge on any atom is 0.240 e. The van der Waals surface area contributed by atoms with Crippen LogP contribution in [-0.2, 0) is 9.59 Å². The van der Waals surface area contributed by atoms with E-state index in [4.69, 9.17) is 69.6 Å². The third kappa shape index (κ3) is 1.77. The van der Waals surface area contributed by atoms with Gasteiger partial charge in [0.15, 0.2) is 4.33 Å². The Balaban J connectivity index is 1.90. The molecule has 4 atom stereocenters. The molecule has 0 radical (unpaired) electrons. The summed E-state index contributed by atoms with van der Waals surface area (Å²) in [7, 11) is 0. The van der Waals surface area contributed by atoms with Gasteiger partial charge in [-0.1, -0.05) is 46.4 Å². The molecule has 4 rings (SSSR count). The average molecular weight is 464 g/mol. The first-order chi connectivity index (χ1) is 11.5. The molecule has 4 unspecified atom stereocenters. The fourth-order valence-corrected chi connectivity index (χ4v) is 6.77. The molecule has 2 aliphatic carbocycles. The molecule has 3 nitrogen and oxygen atoms in total. The van der Waals surface area contributed by atoms with Gasteiger partial charge >= 0.3 is 0 Å². The minimum Gasteiger partial charge on any atom is -0.274 e. The number of fused-ring (bicyclic) bond motifs is 5. The molecule has 1 aromatic carbocycles. The van der Waals surface area contributed by atoms with E-state index < -0.39 is 43.5 Å². The molecular formula is C15H6Cl6FNO2. The number of rotatable bonds is 1. The number of anilines is 1. The van der Waals surface area contributed by atoms with Gasteiger partial charge in [-0.15, -0.1) is 23.2 Å². The lowest BCUT2D eigenvalue weighted by atomic mass is 9.84. The number of allylic oxidation sites excluding steroid dienone is 2. The van der Waals surface area contributed by atoms with Gasteiger partial charge in [0, 0.05) is 0 Å². The molecule has 3 aliphatic rings. The minimum absolute atomic E-state index is 0.154. The van der Waals surface area contributed by atoms with Crippen LogP contribution in [0.1, 0.15) is 0 Å². The summed E-state index contributed by atoms with van der Waals surface area (Å²) in [6.07, 6.45) is 0. The number of hydrogen-bond donors (Lipinski definition) is 0. The molecular weight excluding hydrogens is 458 g/mol. The van der Waals surface area contributed by atoms with E-state index in [2.05, 4.69) is 0 Å². The van der Waals surface area contributed by atoms with Crippen molar-refractivity contribution >= 4 is 87.1 Å². The van der Waals surface area contributed by atoms with Gasteiger partial charge in [-0.3, -0.25) is 9.59 Å². The third-order valence-electron chi connectivity index (χ3n) is 4.99. The predicted octanol–water partition coefficient (Wildman–Crippen LogP) is 4.78. The maximum atomic E-state index is 13.2. The lowest BCUT2D eigenvalue weighted by Crippen LogP contribution is -2.50. The normalized spacial score (nSPS) is 38.8. The molecule has 132 valence electrons. The first kappa shape index (κ1) is 18.1. The van der Waals surface area contributed by atoms with E-state index in [0.29, 0.717) is 0 Å². The third-order valence-corrected chi connectivity index (χ3v) is 9.25. The van der Waals surface area contributed by atoms with Crippen LogP contribution in [-0.4, -0.2) is 25.9 Å². The predicted molar refractivity (Wildman–Crippen MR) is 96.2 cm³/mol. The Labute approximate surface area is 171 Å². The van der Waals surface area contributed by atoms with E-state index in [1.807, 2.05) is 0 Å². The SMILES string of the molecule is O=C1C2C(C(=O)N1c1ccc(F)cc1)C1(Cl)C(Cl)=C(Cl)C2(Cl)C1(Cl)Cl. The van der Waals surface area contributed by atoms with Crippen molar-refractivity contribution in [1.82, 2.24) is 0 Å². The summed E-state index contributed by atoms with van der Waals surface area (Å²) in [5.41, 5.74) is 0.174. The molecule has 1 saturated carbocycles. The van der Waals surface area contributed by atoms with Crippen molar-refractivity contribution in [2.24, 2.45) is 11.8 Å². The summed E-state index contributed by atoms with van der Waals surface area (Å²) in [5, 5.41) is -0.307. The van der Waals surface area contributed by atoms with E-state index in [-0.39, 0.29) is 15.8 Å². The summed E-state index contributed by atoms with van der Waals surface area (Å²) in [6.45, 7) is 0. The van der Waals surface area contributed by atoms with Crippen molar-refractivity contribution in [2.75, 3.05) is 4.90 Å². The zero-order valence-electron chi connectivity index (χ0n) is 11.9. The van der Waals surface area contributed by atoms with Crippen molar-refractivity contribution in [3.63, 3.8) is 0 Å². The van der Waals surface area contributed by atoms with E-state index >= 15 is 0 Å². The summed E-state index contributed by atoms with van der Waals surface area (Å²) in [4.78, 5) is 23.2. The highest BCUT2D eigenvalue weighted by atomic mass is 35.5. The number of carbonyl (C=O) groups is 2. The van der Waals surface area contributed by atoms with Crippen molar-refractivity contribution in [1.29, 1.82) is 0 Å². The van der Waals surface area contributed by atoms with Crippen LogP contribution in [0.3, 0.4) is 0 Å². The Kier molecular flexibility index (Phi) is 3.76. The van der Waals surface area contributed by atoms with Crippen LogP contribution in [0.2, 0.25) is 0 Å². The summed E-state index contributed by atoms with van der Waals surface area (Å²) in [6, 6.07) is 4.83.